The highest BCUT2D eigenvalue weighted by Gasteiger charge is 2.31. The van der Waals surface area contributed by atoms with Gasteiger partial charge in [0.2, 0.25) is 10.0 Å². The SMILES string of the molecule is C[C@H]1C[C@H](C)CN(S(=O)(=O)c2ccc(C(=O)Nc3nc(-c4ccccc4)cs3)cc2)C1. The number of carbonyl (C=O) groups is 1. The van der Waals surface area contributed by atoms with E-state index in [1.807, 2.05) is 35.7 Å². The number of amides is 1. The van der Waals surface area contributed by atoms with Gasteiger partial charge in [-0.15, -0.1) is 11.3 Å². The second kappa shape index (κ2) is 8.90. The lowest BCUT2D eigenvalue weighted by Crippen LogP contribution is -2.42. The Labute approximate surface area is 187 Å². The van der Waals surface area contributed by atoms with Crippen LogP contribution < -0.4 is 5.32 Å². The van der Waals surface area contributed by atoms with Gasteiger partial charge in [-0.2, -0.15) is 4.31 Å². The van der Waals surface area contributed by atoms with Crippen molar-refractivity contribution in [3.63, 3.8) is 0 Å². The average molecular weight is 456 g/mol. The van der Waals surface area contributed by atoms with Crippen LogP contribution in [0.25, 0.3) is 11.3 Å². The lowest BCUT2D eigenvalue weighted by atomic mass is 9.94. The Morgan fingerprint density at radius 1 is 1.03 bits per heavy atom. The number of nitrogens with one attached hydrogen (secondary N) is 1. The molecule has 3 aromatic rings. The van der Waals surface area contributed by atoms with E-state index < -0.39 is 10.0 Å². The molecule has 2 aromatic carbocycles. The molecule has 1 aromatic heterocycles. The molecule has 2 atom stereocenters. The molecule has 8 heteroatoms. The van der Waals surface area contributed by atoms with Crippen molar-refractivity contribution in [3.8, 4) is 11.3 Å². The number of sulfonamides is 1. The zero-order chi connectivity index (χ0) is 22.0. The molecule has 0 unspecified atom stereocenters. The van der Waals surface area contributed by atoms with E-state index >= 15 is 0 Å². The summed E-state index contributed by atoms with van der Waals surface area (Å²) >= 11 is 1.35. The molecule has 1 aliphatic heterocycles. The van der Waals surface area contributed by atoms with Crippen LogP contribution in [0.15, 0.2) is 64.9 Å². The van der Waals surface area contributed by atoms with Crippen molar-refractivity contribution in [1.29, 1.82) is 0 Å². The van der Waals surface area contributed by atoms with E-state index in [4.69, 9.17) is 0 Å². The first-order chi connectivity index (χ1) is 14.8. The lowest BCUT2D eigenvalue weighted by molar-refractivity contribution is 0.102. The Morgan fingerprint density at radius 3 is 2.32 bits per heavy atom. The molecule has 1 amide bonds. The van der Waals surface area contributed by atoms with Crippen LogP contribution in [0.4, 0.5) is 5.13 Å². The van der Waals surface area contributed by atoms with E-state index in [9.17, 15) is 13.2 Å². The Balaban J connectivity index is 1.45. The van der Waals surface area contributed by atoms with Crippen LogP contribution in [0, 0.1) is 11.8 Å². The molecule has 162 valence electrons. The van der Waals surface area contributed by atoms with Gasteiger partial charge in [-0.25, -0.2) is 13.4 Å². The van der Waals surface area contributed by atoms with Gasteiger partial charge >= 0.3 is 0 Å². The third-order valence-corrected chi connectivity index (χ3v) is 7.99. The molecule has 0 radical (unpaired) electrons. The molecule has 0 saturated carbocycles. The number of carbonyl (C=O) groups excluding carboxylic acids is 1. The molecular formula is C23H25N3O3S2. The van der Waals surface area contributed by atoms with Gasteiger partial charge in [0.1, 0.15) is 0 Å². The minimum Gasteiger partial charge on any atom is -0.298 e. The largest absolute Gasteiger partial charge is 0.298 e. The van der Waals surface area contributed by atoms with Crippen LogP contribution >= 0.6 is 11.3 Å². The Hall–Kier alpha value is -2.55. The van der Waals surface area contributed by atoms with Gasteiger partial charge in [0, 0.05) is 29.6 Å². The van der Waals surface area contributed by atoms with Crippen molar-refractivity contribution in [2.45, 2.75) is 25.2 Å². The van der Waals surface area contributed by atoms with Gasteiger partial charge in [0.25, 0.3) is 5.91 Å². The smallest absolute Gasteiger partial charge is 0.257 e. The normalized spacial score (nSPS) is 19.8. The molecule has 0 bridgehead atoms. The first kappa shape index (κ1) is 21.7. The lowest BCUT2D eigenvalue weighted by Gasteiger charge is -2.34. The summed E-state index contributed by atoms with van der Waals surface area (Å²) in [5.74, 6) is 0.350. The third-order valence-electron chi connectivity index (χ3n) is 5.38. The number of hydrogen-bond acceptors (Lipinski definition) is 5. The first-order valence-corrected chi connectivity index (χ1v) is 12.6. The van der Waals surface area contributed by atoms with Gasteiger partial charge < -0.3 is 0 Å². The molecule has 6 nitrogen and oxygen atoms in total. The Kier molecular flexibility index (Phi) is 6.22. The van der Waals surface area contributed by atoms with E-state index in [-0.39, 0.29) is 10.8 Å². The topological polar surface area (TPSA) is 79.4 Å². The fourth-order valence-corrected chi connectivity index (χ4v) is 6.37. The fourth-order valence-electron chi connectivity index (χ4n) is 3.97. The van der Waals surface area contributed by atoms with Crippen molar-refractivity contribution in [2.75, 3.05) is 18.4 Å². The molecule has 1 aliphatic rings. The summed E-state index contributed by atoms with van der Waals surface area (Å²) in [5, 5.41) is 5.18. The second-order valence-corrected chi connectivity index (χ2v) is 10.9. The van der Waals surface area contributed by atoms with Crippen LogP contribution in [0.3, 0.4) is 0 Å². The molecule has 1 fully saturated rings. The fraction of sp³-hybridized carbons (Fsp3) is 0.304. The summed E-state index contributed by atoms with van der Waals surface area (Å²) in [4.78, 5) is 17.3. The summed E-state index contributed by atoms with van der Waals surface area (Å²) in [6.45, 7) is 5.21. The second-order valence-electron chi connectivity index (χ2n) is 8.15. The van der Waals surface area contributed by atoms with E-state index in [1.54, 1.807) is 16.4 Å². The van der Waals surface area contributed by atoms with E-state index in [1.165, 1.54) is 23.5 Å². The Morgan fingerprint density at radius 2 is 1.68 bits per heavy atom. The van der Waals surface area contributed by atoms with Gasteiger partial charge in [0.05, 0.1) is 10.6 Å². The van der Waals surface area contributed by atoms with Crippen molar-refractivity contribution >= 4 is 32.4 Å². The molecule has 1 N–H and O–H groups in total. The highest BCUT2D eigenvalue weighted by Crippen LogP contribution is 2.27. The van der Waals surface area contributed by atoms with Crippen LogP contribution in [0.2, 0.25) is 0 Å². The molecule has 4 rings (SSSR count). The number of aromatic nitrogens is 1. The first-order valence-electron chi connectivity index (χ1n) is 10.3. The van der Waals surface area contributed by atoms with Crippen molar-refractivity contribution in [1.82, 2.24) is 9.29 Å². The van der Waals surface area contributed by atoms with Crippen molar-refractivity contribution in [2.24, 2.45) is 11.8 Å². The third kappa shape index (κ3) is 4.87. The monoisotopic (exact) mass is 455 g/mol. The van der Waals surface area contributed by atoms with E-state index in [0.29, 0.717) is 35.6 Å². The number of benzene rings is 2. The number of piperidine rings is 1. The summed E-state index contributed by atoms with van der Waals surface area (Å²) in [5.41, 5.74) is 2.17. The summed E-state index contributed by atoms with van der Waals surface area (Å²) in [6.07, 6.45) is 1.04. The van der Waals surface area contributed by atoms with Crippen LogP contribution in [0.1, 0.15) is 30.6 Å². The quantitative estimate of drug-likeness (QED) is 0.603. The van der Waals surface area contributed by atoms with Crippen LogP contribution in [0.5, 0.6) is 0 Å². The molecule has 0 spiro atoms. The van der Waals surface area contributed by atoms with Crippen LogP contribution in [-0.4, -0.2) is 36.7 Å². The predicted octanol–water partition coefficient (Wildman–Crippen LogP) is 4.73. The van der Waals surface area contributed by atoms with Gasteiger partial charge in [-0.3, -0.25) is 10.1 Å². The van der Waals surface area contributed by atoms with E-state index in [2.05, 4.69) is 24.1 Å². The summed E-state index contributed by atoms with van der Waals surface area (Å²) < 4.78 is 27.6. The number of thiazole rings is 1. The number of hydrogen-bond donors (Lipinski definition) is 1. The molecule has 0 aliphatic carbocycles. The number of rotatable bonds is 5. The van der Waals surface area contributed by atoms with Gasteiger partial charge in [-0.05, 0) is 42.5 Å². The van der Waals surface area contributed by atoms with Crippen molar-refractivity contribution in [3.05, 3.63) is 65.5 Å². The maximum absolute atomic E-state index is 13.0. The zero-order valence-corrected chi connectivity index (χ0v) is 19.1. The number of anilines is 1. The van der Waals surface area contributed by atoms with Gasteiger partial charge in [0.15, 0.2) is 5.13 Å². The van der Waals surface area contributed by atoms with Crippen LogP contribution in [-0.2, 0) is 10.0 Å². The highest BCUT2D eigenvalue weighted by molar-refractivity contribution is 7.89. The maximum Gasteiger partial charge on any atom is 0.257 e. The molecule has 2 heterocycles. The Bertz CT molecular complexity index is 1150. The van der Waals surface area contributed by atoms with E-state index in [0.717, 1.165) is 17.7 Å². The minimum absolute atomic E-state index is 0.214. The zero-order valence-electron chi connectivity index (χ0n) is 17.5. The molecule has 31 heavy (non-hydrogen) atoms. The summed E-state index contributed by atoms with van der Waals surface area (Å²) in [7, 11) is -3.57. The summed E-state index contributed by atoms with van der Waals surface area (Å²) in [6, 6.07) is 15.8. The van der Waals surface area contributed by atoms with Crippen molar-refractivity contribution < 1.29 is 13.2 Å². The molecule has 1 saturated heterocycles. The highest BCUT2D eigenvalue weighted by atomic mass is 32.2. The maximum atomic E-state index is 13.0. The standard InChI is InChI=1S/C23H25N3O3S2/c1-16-12-17(2)14-26(13-16)31(28,29)20-10-8-19(9-11-20)22(27)25-23-24-21(15-30-23)18-6-4-3-5-7-18/h3-11,15-17H,12-14H2,1-2H3,(H,24,25,27)/t16-,17-/m0/s1. The minimum atomic E-state index is -3.57. The van der Waals surface area contributed by atoms with Gasteiger partial charge in [-0.1, -0.05) is 44.2 Å². The average Bonchev–Trinajstić information content (AvgIpc) is 3.22. The predicted molar refractivity (Wildman–Crippen MR) is 124 cm³/mol. The molecular weight excluding hydrogens is 430 g/mol. The number of nitrogens with zero attached hydrogens (tertiary/aromatic N) is 2.